The highest BCUT2D eigenvalue weighted by molar-refractivity contribution is 7.97. The molecule has 1 amide bonds. The maximum atomic E-state index is 10.2. The van der Waals surface area contributed by atoms with Crippen molar-refractivity contribution in [3.05, 3.63) is 12.3 Å². The maximum Gasteiger partial charge on any atom is 0.234 e. The fourth-order valence-electron chi connectivity index (χ4n) is 2.18. The number of rotatable bonds is 10. The number of amides is 1. The molecule has 0 aromatic rings. The smallest absolute Gasteiger partial charge is 0.234 e. The van der Waals surface area contributed by atoms with Gasteiger partial charge in [0.15, 0.2) is 0 Å². The second-order valence-electron chi connectivity index (χ2n) is 5.04. The number of likely N-dealkylation sites (N-methyl/N-ethyl adjacent to an activating group) is 1. The zero-order valence-corrected chi connectivity index (χ0v) is 16.3. The number of aliphatic imine (C=N–C) groups is 1. The van der Waals surface area contributed by atoms with E-state index in [1.54, 1.807) is 26.5 Å². The first-order valence-corrected chi connectivity index (χ1v) is 9.13. The monoisotopic (exact) mass is 360 g/mol. The fourth-order valence-corrected chi connectivity index (χ4v) is 3.21. The van der Waals surface area contributed by atoms with Crippen molar-refractivity contribution in [2.75, 3.05) is 46.7 Å². The van der Waals surface area contributed by atoms with Gasteiger partial charge in [0.2, 0.25) is 6.41 Å². The van der Waals surface area contributed by atoms with Crippen molar-refractivity contribution in [1.29, 1.82) is 0 Å². The summed E-state index contributed by atoms with van der Waals surface area (Å²) in [5.74, 6) is 1.35. The summed E-state index contributed by atoms with van der Waals surface area (Å²) < 4.78 is 13.5. The number of nitrogens with two attached hydrogens (primary N) is 1. The first-order chi connectivity index (χ1) is 11.6. The Kier molecular flexibility index (Phi) is 13.6. The summed E-state index contributed by atoms with van der Waals surface area (Å²) in [6.07, 6.45) is 4.92. The number of carbonyl (C=O) groups is 1. The van der Waals surface area contributed by atoms with Crippen LogP contribution >= 0.6 is 11.9 Å². The Morgan fingerprint density at radius 1 is 1.38 bits per heavy atom. The molecule has 1 aliphatic heterocycles. The standard InChI is InChI=1S/C14H26N4O3S.C2H6/c1-17(7-5-14(15)16-11-19)9-12(20-2)13(21-3)10-18-6-4-8-22-18;1-2/h5,7,11-13H,4,6,8-10H2,1-3H3,(H2,15,16,19);1-2H3/b7-5-;/t12-,13?;/m0./s1. The highest BCUT2D eigenvalue weighted by Gasteiger charge is 2.26. The van der Waals surface area contributed by atoms with Gasteiger partial charge in [0.1, 0.15) is 11.9 Å². The molecule has 7 nitrogen and oxygen atoms in total. The molecule has 0 spiro atoms. The van der Waals surface area contributed by atoms with E-state index in [4.69, 9.17) is 15.2 Å². The van der Waals surface area contributed by atoms with Gasteiger partial charge < -0.3 is 20.1 Å². The van der Waals surface area contributed by atoms with Crippen molar-refractivity contribution in [1.82, 2.24) is 9.21 Å². The molecular weight excluding hydrogens is 328 g/mol. The van der Waals surface area contributed by atoms with Gasteiger partial charge in [-0.2, -0.15) is 4.99 Å². The van der Waals surface area contributed by atoms with Gasteiger partial charge in [0.05, 0.1) is 6.10 Å². The molecule has 1 unspecified atom stereocenters. The van der Waals surface area contributed by atoms with Crippen LogP contribution in [-0.4, -0.2) is 80.3 Å². The van der Waals surface area contributed by atoms with Crippen molar-refractivity contribution in [3.63, 3.8) is 0 Å². The van der Waals surface area contributed by atoms with Crippen molar-refractivity contribution in [2.24, 2.45) is 10.7 Å². The molecule has 1 aliphatic rings. The first-order valence-electron chi connectivity index (χ1n) is 8.19. The zero-order valence-electron chi connectivity index (χ0n) is 15.5. The summed E-state index contributed by atoms with van der Waals surface area (Å²) in [4.78, 5) is 15.6. The highest BCUT2D eigenvalue weighted by atomic mass is 32.2. The number of hydrogen-bond acceptors (Lipinski definition) is 6. The molecule has 0 aromatic heterocycles. The van der Waals surface area contributed by atoms with Crippen LogP contribution < -0.4 is 5.73 Å². The Bertz CT molecular complexity index is 388. The lowest BCUT2D eigenvalue weighted by Crippen LogP contribution is -2.43. The van der Waals surface area contributed by atoms with Crippen molar-refractivity contribution in [2.45, 2.75) is 32.5 Å². The molecule has 24 heavy (non-hydrogen) atoms. The predicted molar refractivity (Wildman–Crippen MR) is 101 cm³/mol. The summed E-state index contributed by atoms with van der Waals surface area (Å²) in [7, 11) is 5.31. The topological polar surface area (TPSA) is 80.4 Å². The molecule has 8 heteroatoms. The van der Waals surface area contributed by atoms with Crippen molar-refractivity contribution < 1.29 is 14.3 Å². The Morgan fingerprint density at radius 2 is 2.04 bits per heavy atom. The van der Waals surface area contributed by atoms with Gasteiger partial charge in [-0.1, -0.05) is 25.8 Å². The molecule has 0 radical (unpaired) electrons. The largest absolute Gasteiger partial charge is 0.384 e. The van der Waals surface area contributed by atoms with Crippen LogP contribution in [0, 0.1) is 0 Å². The van der Waals surface area contributed by atoms with Crippen molar-refractivity contribution >= 4 is 24.2 Å². The van der Waals surface area contributed by atoms with Gasteiger partial charge >= 0.3 is 0 Å². The SMILES string of the molecule is CC.COC(CN1CCCS1)[C@H](CN(C)/C=C\C(N)=NC=O)OC. The third-order valence-electron chi connectivity index (χ3n) is 3.40. The van der Waals surface area contributed by atoms with Crippen LogP contribution in [0.1, 0.15) is 20.3 Å². The molecule has 1 rings (SSSR count). The molecule has 0 aromatic carbocycles. The molecule has 1 fully saturated rings. The minimum absolute atomic E-state index is 0.00700. The Labute approximate surface area is 150 Å². The summed E-state index contributed by atoms with van der Waals surface area (Å²) in [5, 5.41) is 0. The average Bonchev–Trinajstić information content (AvgIpc) is 3.11. The Morgan fingerprint density at radius 3 is 2.54 bits per heavy atom. The average molecular weight is 361 g/mol. The molecule has 140 valence electrons. The van der Waals surface area contributed by atoms with E-state index < -0.39 is 0 Å². The van der Waals surface area contributed by atoms with Crippen LogP contribution in [0.4, 0.5) is 0 Å². The Balaban J connectivity index is 0.00000254. The quantitative estimate of drug-likeness (QED) is 0.273. The third kappa shape index (κ3) is 9.27. The molecular formula is C16H32N4O3S. The maximum absolute atomic E-state index is 10.2. The highest BCUT2D eigenvalue weighted by Crippen LogP contribution is 2.21. The molecule has 0 aliphatic carbocycles. The third-order valence-corrected chi connectivity index (χ3v) is 4.57. The van der Waals surface area contributed by atoms with Crippen LogP contribution in [0.5, 0.6) is 0 Å². The Hall–Kier alpha value is -1.09. The van der Waals surface area contributed by atoms with Gasteiger partial charge in [0, 0.05) is 52.9 Å². The number of ether oxygens (including phenoxy) is 2. The van der Waals surface area contributed by atoms with E-state index in [2.05, 4.69) is 9.30 Å². The van der Waals surface area contributed by atoms with Gasteiger partial charge in [0.25, 0.3) is 0 Å². The normalized spacial score (nSPS) is 18.1. The van der Waals surface area contributed by atoms with Crippen LogP contribution in [0.25, 0.3) is 0 Å². The number of nitrogens with zero attached hydrogens (tertiary/aromatic N) is 3. The van der Waals surface area contributed by atoms with E-state index in [-0.39, 0.29) is 18.0 Å². The zero-order chi connectivity index (χ0) is 18.4. The number of hydrogen-bond donors (Lipinski definition) is 1. The number of amidine groups is 1. The van der Waals surface area contributed by atoms with Gasteiger partial charge in [-0.15, -0.1) is 0 Å². The van der Waals surface area contributed by atoms with E-state index in [1.807, 2.05) is 37.7 Å². The molecule has 0 bridgehead atoms. The lowest BCUT2D eigenvalue weighted by Gasteiger charge is -2.30. The minimum Gasteiger partial charge on any atom is -0.384 e. The molecule has 1 heterocycles. The predicted octanol–water partition coefficient (Wildman–Crippen LogP) is 1.36. The number of carbonyl (C=O) groups excluding carboxylic acids is 1. The van der Waals surface area contributed by atoms with E-state index in [0.29, 0.717) is 13.0 Å². The van der Waals surface area contributed by atoms with Crippen LogP contribution in [0.15, 0.2) is 17.3 Å². The molecule has 2 atom stereocenters. The summed E-state index contributed by atoms with van der Waals surface area (Å²) in [5.41, 5.74) is 5.53. The fraction of sp³-hybridized carbons (Fsp3) is 0.750. The summed E-state index contributed by atoms with van der Waals surface area (Å²) in [6.45, 7) is 6.58. The van der Waals surface area contributed by atoms with Gasteiger partial charge in [-0.3, -0.25) is 4.79 Å². The van der Waals surface area contributed by atoms with Crippen molar-refractivity contribution in [3.8, 4) is 0 Å². The minimum atomic E-state index is -0.0647. The summed E-state index contributed by atoms with van der Waals surface area (Å²) in [6, 6.07) is 0. The molecule has 2 N–H and O–H groups in total. The molecule has 1 saturated heterocycles. The van der Waals surface area contributed by atoms with E-state index in [1.165, 1.54) is 12.2 Å². The van der Waals surface area contributed by atoms with E-state index in [0.717, 1.165) is 13.1 Å². The van der Waals surface area contributed by atoms with Gasteiger partial charge in [-0.05, 0) is 12.5 Å². The van der Waals surface area contributed by atoms with Gasteiger partial charge in [-0.25, -0.2) is 4.31 Å². The second kappa shape index (κ2) is 14.3. The first kappa shape index (κ1) is 22.9. The van der Waals surface area contributed by atoms with Crippen LogP contribution in [0.2, 0.25) is 0 Å². The van der Waals surface area contributed by atoms with E-state index in [9.17, 15) is 4.79 Å². The summed E-state index contributed by atoms with van der Waals surface area (Å²) >= 11 is 1.86. The number of methoxy groups -OCH3 is 2. The van der Waals surface area contributed by atoms with E-state index >= 15 is 0 Å². The second-order valence-corrected chi connectivity index (χ2v) is 6.22. The van der Waals surface area contributed by atoms with Crippen LogP contribution in [-0.2, 0) is 14.3 Å². The lowest BCUT2D eigenvalue weighted by atomic mass is 10.2. The lowest BCUT2D eigenvalue weighted by molar-refractivity contribution is -0.106. The molecule has 0 saturated carbocycles. The van der Waals surface area contributed by atoms with Crippen LogP contribution in [0.3, 0.4) is 0 Å².